The summed E-state index contributed by atoms with van der Waals surface area (Å²) in [7, 11) is 0. The van der Waals surface area contributed by atoms with Crippen molar-refractivity contribution in [1.82, 2.24) is 10.6 Å². The van der Waals surface area contributed by atoms with Crippen LogP contribution in [-0.2, 0) is 6.61 Å². The first-order chi connectivity index (χ1) is 11.8. The van der Waals surface area contributed by atoms with Gasteiger partial charge in [-0.05, 0) is 61.7 Å². The van der Waals surface area contributed by atoms with E-state index in [-0.39, 0.29) is 18.3 Å². The summed E-state index contributed by atoms with van der Waals surface area (Å²) in [6.45, 7) is 3.42. The van der Waals surface area contributed by atoms with E-state index in [1.165, 1.54) is 6.42 Å². The summed E-state index contributed by atoms with van der Waals surface area (Å²) in [5.41, 5.74) is 1.75. The third kappa shape index (κ3) is 6.07. The van der Waals surface area contributed by atoms with E-state index in [4.69, 9.17) is 4.74 Å². The van der Waals surface area contributed by atoms with Gasteiger partial charge in [0.1, 0.15) is 12.4 Å². The fraction of sp³-hybridized carbons (Fsp3) is 0.350. The normalized spacial score (nSPS) is 16.1. The number of hydrogen-bond acceptors (Lipinski definition) is 3. The lowest BCUT2D eigenvalue weighted by Crippen LogP contribution is -2.26. The topological polar surface area (TPSA) is 50.4 Å². The van der Waals surface area contributed by atoms with Gasteiger partial charge in [0.2, 0.25) is 0 Å². The molecule has 2 aromatic carbocycles. The van der Waals surface area contributed by atoms with Gasteiger partial charge in [0, 0.05) is 12.1 Å². The van der Waals surface area contributed by atoms with Crippen molar-refractivity contribution in [2.75, 3.05) is 19.6 Å². The molecule has 1 atom stereocenters. The summed E-state index contributed by atoms with van der Waals surface area (Å²) in [6, 6.07) is 17.3. The maximum Gasteiger partial charge on any atom is 0.251 e. The minimum atomic E-state index is -0.00326. The first-order valence-corrected chi connectivity index (χ1v) is 8.57. The monoisotopic (exact) mass is 360 g/mol. The van der Waals surface area contributed by atoms with Gasteiger partial charge in [-0.15, -0.1) is 12.4 Å². The van der Waals surface area contributed by atoms with Crippen molar-refractivity contribution >= 4 is 18.3 Å². The van der Waals surface area contributed by atoms with Crippen LogP contribution in [0.4, 0.5) is 0 Å². The molecular weight excluding hydrogens is 336 g/mol. The lowest BCUT2D eigenvalue weighted by atomic mass is 10.1. The van der Waals surface area contributed by atoms with Crippen molar-refractivity contribution in [2.45, 2.75) is 19.4 Å². The maximum absolute atomic E-state index is 12.2. The molecule has 0 radical (unpaired) electrons. The molecule has 1 fully saturated rings. The van der Waals surface area contributed by atoms with Gasteiger partial charge in [-0.3, -0.25) is 4.79 Å². The molecule has 0 bridgehead atoms. The lowest BCUT2D eigenvalue weighted by molar-refractivity contribution is 0.0951. The predicted molar refractivity (Wildman–Crippen MR) is 102 cm³/mol. The molecule has 25 heavy (non-hydrogen) atoms. The maximum atomic E-state index is 12.2. The molecule has 0 aliphatic carbocycles. The molecule has 1 aliphatic rings. The highest BCUT2D eigenvalue weighted by Crippen LogP contribution is 2.13. The van der Waals surface area contributed by atoms with Crippen molar-refractivity contribution in [3.05, 3.63) is 65.7 Å². The van der Waals surface area contributed by atoms with E-state index >= 15 is 0 Å². The number of amides is 1. The number of halogens is 1. The molecule has 1 unspecified atom stereocenters. The molecule has 4 nitrogen and oxygen atoms in total. The molecule has 0 spiro atoms. The van der Waals surface area contributed by atoms with Crippen molar-refractivity contribution < 1.29 is 9.53 Å². The van der Waals surface area contributed by atoms with Crippen LogP contribution in [0.3, 0.4) is 0 Å². The van der Waals surface area contributed by atoms with E-state index < -0.39 is 0 Å². The van der Waals surface area contributed by atoms with Gasteiger partial charge in [-0.2, -0.15) is 0 Å². The number of carbonyl (C=O) groups excluding carboxylic acids is 1. The van der Waals surface area contributed by atoms with Crippen molar-refractivity contribution in [2.24, 2.45) is 5.92 Å². The van der Waals surface area contributed by atoms with E-state index in [0.29, 0.717) is 18.1 Å². The largest absolute Gasteiger partial charge is 0.489 e. The molecular formula is C20H25ClN2O2. The zero-order valence-electron chi connectivity index (χ0n) is 14.2. The smallest absolute Gasteiger partial charge is 0.251 e. The Kier molecular flexibility index (Phi) is 7.76. The van der Waals surface area contributed by atoms with Crippen LogP contribution in [0.25, 0.3) is 0 Å². The number of nitrogens with one attached hydrogen (secondary N) is 2. The predicted octanol–water partition coefficient (Wildman–Crippen LogP) is 3.42. The second-order valence-electron chi connectivity index (χ2n) is 6.20. The summed E-state index contributed by atoms with van der Waals surface area (Å²) < 4.78 is 5.71. The Labute approximate surface area is 155 Å². The number of hydrogen-bond donors (Lipinski definition) is 2. The highest BCUT2D eigenvalue weighted by atomic mass is 35.5. The zero-order chi connectivity index (χ0) is 16.6. The van der Waals surface area contributed by atoms with Gasteiger partial charge >= 0.3 is 0 Å². The molecule has 5 heteroatoms. The van der Waals surface area contributed by atoms with Crippen molar-refractivity contribution in [3.8, 4) is 5.75 Å². The second-order valence-corrected chi connectivity index (χ2v) is 6.20. The first kappa shape index (κ1) is 19.3. The second kappa shape index (κ2) is 10.1. The van der Waals surface area contributed by atoms with Crippen LogP contribution < -0.4 is 15.4 Å². The third-order valence-corrected chi connectivity index (χ3v) is 4.37. The molecule has 0 saturated carbocycles. The molecule has 134 valence electrons. The zero-order valence-corrected chi connectivity index (χ0v) is 15.1. The number of rotatable bonds is 7. The minimum Gasteiger partial charge on any atom is -0.489 e. The summed E-state index contributed by atoms with van der Waals surface area (Å²) in [5, 5.41) is 6.35. The van der Waals surface area contributed by atoms with E-state index in [1.807, 2.05) is 54.6 Å². The van der Waals surface area contributed by atoms with Crippen LogP contribution in [0.2, 0.25) is 0 Å². The number of ether oxygens (including phenoxy) is 1. The van der Waals surface area contributed by atoms with Gasteiger partial charge in [0.05, 0.1) is 0 Å². The summed E-state index contributed by atoms with van der Waals surface area (Å²) in [5.74, 6) is 1.54. The Morgan fingerprint density at radius 2 is 1.88 bits per heavy atom. The van der Waals surface area contributed by atoms with E-state index in [9.17, 15) is 4.79 Å². The average Bonchev–Trinajstić information content (AvgIpc) is 3.15. The Balaban J connectivity index is 0.00000225. The molecule has 1 amide bonds. The number of carbonyl (C=O) groups is 1. The standard InChI is InChI=1S/C20H24N2O2.ClH/c23-20(22-13-11-16-10-12-21-14-16)18-8-6-17(7-9-18)15-24-19-4-2-1-3-5-19;/h1-9,16,21H,10-15H2,(H,22,23);1H. The van der Waals surface area contributed by atoms with Gasteiger partial charge in [0.25, 0.3) is 5.91 Å². The van der Waals surface area contributed by atoms with Crippen LogP contribution in [0.1, 0.15) is 28.8 Å². The molecule has 0 aromatic heterocycles. The molecule has 2 aromatic rings. The van der Waals surface area contributed by atoms with E-state index in [0.717, 1.165) is 37.4 Å². The van der Waals surface area contributed by atoms with Crippen LogP contribution in [-0.4, -0.2) is 25.5 Å². The lowest BCUT2D eigenvalue weighted by Gasteiger charge is -2.10. The Morgan fingerprint density at radius 3 is 2.56 bits per heavy atom. The highest BCUT2D eigenvalue weighted by Gasteiger charge is 2.14. The van der Waals surface area contributed by atoms with Crippen LogP contribution >= 0.6 is 12.4 Å². The summed E-state index contributed by atoms with van der Waals surface area (Å²) in [6.07, 6.45) is 2.26. The number of benzene rings is 2. The molecule has 1 heterocycles. The van der Waals surface area contributed by atoms with Crippen molar-refractivity contribution in [3.63, 3.8) is 0 Å². The highest BCUT2D eigenvalue weighted by molar-refractivity contribution is 5.94. The van der Waals surface area contributed by atoms with Gasteiger partial charge in [-0.1, -0.05) is 30.3 Å². The summed E-state index contributed by atoms with van der Waals surface area (Å²) in [4.78, 5) is 12.2. The van der Waals surface area contributed by atoms with Crippen LogP contribution in [0, 0.1) is 5.92 Å². The quantitative estimate of drug-likeness (QED) is 0.795. The molecule has 1 aliphatic heterocycles. The first-order valence-electron chi connectivity index (χ1n) is 8.57. The van der Waals surface area contributed by atoms with Crippen molar-refractivity contribution in [1.29, 1.82) is 0 Å². The Hall–Kier alpha value is -2.04. The fourth-order valence-electron chi connectivity index (χ4n) is 2.89. The van der Waals surface area contributed by atoms with E-state index in [1.54, 1.807) is 0 Å². The SMILES string of the molecule is Cl.O=C(NCCC1CCNC1)c1ccc(COc2ccccc2)cc1. The molecule has 2 N–H and O–H groups in total. The van der Waals surface area contributed by atoms with E-state index in [2.05, 4.69) is 10.6 Å². The fourth-order valence-corrected chi connectivity index (χ4v) is 2.89. The Bertz CT molecular complexity index is 641. The van der Waals surface area contributed by atoms with Gasteiger partial charge in [-0.25, -0.2) is 0 Å². The molecule has 3 rings (SSSR count). The summed E-state index contributed by atoms with van der Waals surface area (Å²) >= 11 is 0. The average molecular weight is 361 g/mol. The van der Waals surface area contributed by atoms with Crippen LogP contribution in [0.15, 0.2) is 54.6 Å². The number of para-hydroxylation sites is 1. The third-order valence-electron chi connectivity index (χ3n) is 4.37. The minimum absolute atomic E-state index is 0. The van der Waals surface area contributed by atoms with Gasteiger partial charge in [0.15, 0.2) is 0 Å². The van der Waals surface area contributed by atoms with Gasteiger partial charge < -0.3 is 15.4 Å². The Morgan fingerprint density at radius 1 is 1.12 bits per heavy atom. The molecule has 1 saturated heterocycles. The van der Waals surface area contributed by atoms with Crippen LogP contribution in [0.5, 0.6) is 5.75 Å².